The SMILES string of the molecule is O=C1NCc2cc(F)[c]([Sn]([CH2]c3ccccc3)([CH2]c3ccccc3)[CH2]c3ccccc3)cc21. The first kappa shape index (κ1) is 21.9. The molecule has 1 N–H and O–H groups in total. The Morgan fingerprint density at radius 1 is 0.697 bits per heavy atom. The predicted octanol–water partition coefficient (Wildman–Crippen LogP) is 5.07. The molecule has 0 atom stereocenters. The van der Waals surface area contributed by atoms with Gasteiger partial charge in [0, 0.05) is 0 Å². The van der Waals surface area contributed by atoms with Gasteiger partial charge in [-0.1, -0.05) is 0 Å². The van der Waals surface area contributed by atoms with E-state index in [2.05, 4.69) is 78.1 Å². The third-order valence-electron chi connectivity index (χ3n) is 6.60. The van der Waals surface area contributed by atoms with Gasteiger partial charge in [-0.3, -0.25) is 0 Å². The van der Waals surface area contributed by atoms with E-state index in [0.717, 1.165) is 22.5 Å². The van der Waals surface area contributed by atoms with Gasteiger partial charge in [0.05, 0.1) is 0 Å². The first-order valence-corrected chi connectivity index (χ1v) is 18.8. The minimum atomic E-state index is -3.59. The summed E-state index contributed by atoms with van der Waals surface area (Å²) in [4.78, 5) is 12.5. The average molecular weight is 542 g/mol. The molecule has 2 nitrogen and oxygen atoms in total. The van der Waals surface area contributed by atoms with Crippen LogP contribution in [0, 0.1) is 5.82 Å². The minimum absolute atomic E-state index is 0.0921. The summed E-state index contributed by atoms with van der Waals surface area (Å²) < 4.78 is 19.3. The van der Waals surface area contributed by atoms with Crippen molar-refractivity contribution in [2.24, 2.45) is 0 Å². The summed E-state index contributed by atoms with van der Waals surface area (Å²) in [5.74, 6) is -0.241. The third-order valence-corrected chi connectivity index (χ3v) is 20.2. The van der Waals surface area contributed by atoms with Crippen LogP contribution in [0.4, 0.5) is 4.39 Å². The molecule has 1 heterocycles. The third kappa shape index (κ3) is 4.74. The van der Waals surface area contributed by atoms with Crippen molar-refractivity contribution in [1.29, 1.82) is 0 Å². The number of amides is 1. The molecule has 33 heavy (non-hydrogen) atoms. The van der Waals surface area contributed by atoms with E-state index in [1.807, 2.05) is 24.3 Å². The number of nitrogens with one attached hydrogen (secondary N) is 1. The first-order valence-electron chi connectivity index (χ1n) is 11.4. The molecule has 0 aromatic heterocycles. The molecule has 0 fully saturated rings. The number of hydrogen-bond donors (Lipinski definition) is 1. The fraction of sp³-hybridized carbons (Fsp3) is 0.138. The number of fused-ring (bicyclic) bond motifs is 1. The molecule has 5 rings (SSSR count). The molecule has 1 aliphatic rings. The Balaban J connectivity index is 1.71. The van der Waals surface area contributed by atoms with Gasteiger partial charge in [-0.15, -0.1) is 0 Å². The van der Waals surface area contributed by atoms with Gasteiger partial charge in [-0.05, 0) is 0 Å². The van der Waals surface area contributed by atoms with E-state index in [1.165, 1.54) is 16.7 Å². The molecule has 0 bridgehead atoms. The fourth-order valence-electron chi connectivity index (χ4n) is 5.08. The van der Waals surface area contributed by atoms with Crippen LogP contribution in [-0.4, -0.2) is 24.3 Å². The zero-order valence-corrected chi connectivity index (χ0v) is 21.3. The summed E-state index contributed by atoms with van der Waals surface area (Å²) in [6.07, 6.45) is 0. The van der Waals surface area contributed by atoms with E-state index in [-0.39, 0.29) is 11.7 Å². The summed E-state index contributed by atoms with van der Waals surface area (Å²) in [5, 5.41) is 2.86. The van der Waals surface area contributed by atoms with E-state index < -0.39 is 18.4 Å². The van der Waals surface area contributed by atoms with Crippen LogP contribution < -0.4 is 8.90 Å². The van der Waals surface area contributed by atoms with E-state index in [9.17, 15) is 4.79 Å². The van der Waals surface area contributed by atoms with Crippen molar-refractivity contribution in [3.63, 3.8) is 0 Å². The van der Waals surface area contributed by atoms with Crippen LogP contribution >= 0.6 is 0 Å². The Bertz CT molecular complexity index is 1160. The molecule has 0 unspecified atom stereocenters. The molecule has 4 aromatic rings. The predicted molar refractivity (Wildman–Crippen MR) is 133 cm³/mol. The summed E-state index contributed by atoms with van der Waals surface area (Å²) in [5.41, 5.74) is 5.13. The number of hydrogen-bond acceptors (Lipinski definition) is 1. The van der Waals surface area contributed by atoms with Gasteiger partial charge in [0.1, 0.15) is 0 Å². The molecule has 4 aromatic carbocycles. The molecule has 1 amide bonds. The fourth-order valence-corrected chi connectivity index (χ4v) is 19.4. The second kappa shape index (κ2) is 9.52. The number of rotatable bonds is 7. The molecular formula is C29H26FNOSn. The van der Waals surface area contributed by atoms with Crippen molar-refractivity contribution in [1.82, 2.24) is 5.32 Å². The molecule has 4 heteroatoms. The topological polar surface area (TPSA) is 29.1 Å². The molecule has 164 valence electrons. The van der Waals surface area contributed by atoms with Crippen molar-refractivity contribution in [3.05, 3.63) is 137 Å². The number of halogens is 1. The van der Waals surface area contributed by atoms with E-state index in [0.29, 0.717) is 12.1 Å². The molecule has 0 radical (unpaired) electrons. The van der Waals surface area contributed by atoms with Crippen LogP contribution in [0.15, 0.2) is 103 Å². The molecule has 0 saturated carbocycles. The summed E-state index contributed by atoms with van der Waals surface area (Å²) in [6, 6.07) is 34.8. The maximum atomic E-state index is 15.9. The quantitative estimate of drug-likeness (QED) is 0.325. The Morgan fingerprint density at radius 3 is 1.61 bits per heavy atom. The van der Waals surface area contributed by atoms with Crippen molar-refractivity contribution >= 4 is 27.9 Å². The normalized spacial score (nSPS) is 12.9. The van der Waals surface area contributed by atoms with Crippen LogP contribution in [0.2, 0.25) is 0 Å². The van der Waals surface area contributed by atoms with Gasteiger partial charge in [-0.25, -0.2) is 0 Å². The second-order valence-electron chi connectivity index (χ2n) is 8.94. The van der Waals surface area contributed by atoms with E-state index in [1.54, 1.807) is 6.07 Å². The summed E-state index contributed by atoms with van der Waals surface area (Å²) >= 11 is -3.59. The first-order chi connectivity index (χ1) is 16.1. The summed E-state index contributed by atoms with van der Waals surface area (Å²) in [6.45, 7) is 0.407. The second-order valence-corrected chi connectivity index (χ2v) is 20.8. The Morgan fingerprint density at radius 2 is 1.15 bits per heavy atom. The molecule has 1 aliphatic heterocycles. The molecule has 0 aliphatic carbocycles. The van der Waals surface area contributed by atoms with Gasteiger partial charge in [0.25, 0.3) is 0 Å². The average Bonchev–Trinajstić information content (AvgIpc) is 3.20. The van der Waals surface area contributed by atoms with E-state index >= 15 is 4.39 Å². The van der Waals surface area contributed by atoms with E-state index in [4.69, 9.17) is 0 Å². The van der Waals surface area contributed by atoms with Crippen LogP contribution in [0.25, 0.3) is 0 Å². The Hall–Kier alpha value is -2.92. The van der Waals surface area contributed by atoms with Gasteiger partial charge < -0.3 is 0 Å². The standard InChI is InChI=1S/C8H5FNO.3C7H7.Sn/c9-6-1-2-7-5(3-6)4-10-8(7)11;3*1-7-5-3-2-4-6-7;/h2-3H,4H2,(H,10,11);3*2-6H,1H2;. The zero-order valence-electron chi connectivity index (χ0n) is 18.4. The van der Waals surface area contributed by atoms with Crippen molar-refractivity contribution < 1.29 is 9.18 Å². The number of carbonyl (C=O) groups excluding carboxylic acids is 1. The molecule has 0 spiro atoms. The number of carbonyl (C=O) groups is 1. The Kier molecular flexibility index (Phi) is 6.32. The van der Waals surface area contributed by atoms with Crippen LogP contribution in [0.3, 0.4) is 0 Å². The van der Waals surface area contributed by atoms with Crippen LogP contribution in [-0.2, 0) is 19.9 Å². The number of benzene rings is 4. The van der Waals surface area contributed by atoms with Crippen molar-refractivity contribution in [3.8, 4) is 0 Å². The van der Waals surface area contributed by atoms with Crippen molar-refractivity contribution in [2.75, 3.05) is 0 Å². The molecular weight excluding hydrogens is 516 g/mol. The zero-order chi connectivity index (χ0) is 22.7. The van der Waals surface area contributed by atoms with Gasteiger partial charge >= 0.3 is 199 Å². The Labute approximate surface area is 198 Å². The van der Waals surface area contributed by atoms with Gasteiger partial charge in [-0.2, -0.15) is 0 Å². The van der Waals surface area contributed by atoms with Crippen LogP contribution in [0.1, 0.15) is 32.6 Å². The maximum absolute atomic E-state index is 15.9. The van der Waals surface area contributed by atoms with Gasteiger partial charge in [0.15, 0.2) is 0 Å². The van der Waals surface area contributed by atoms with Crippen LogP contribution in [0.5, 0.6) is 0 Å². The monoisotopic (exact) mass is 543 g/mol. The van der Waals surface area contributed by atoms with Crippen molar-refractivity contribution in [2.45, 2.75) is 19.9 Å². The summed E-state index contributed by atoms with van der Waals surface area (Å²) in [7, 11) is 0. The molecule has 0 saturated heterocycles. The van der Waals surface area contributed by atoms with Gasteiger partial charge in [0.2, 0.25) is 0 Å².